The molecule has 1 atom stereocenters. The van der Waals surface area contributed by atoms with Gasteiger partial charge in [0, 0.05) is 23.5 Å². The molecule has 0 aliphatic heterocycles. The van der Waals surface area contributed by atoms with Crippen LogP contribution in [-0.4, -0.2) is 34.8 Å². The van der Waals surface area contributed by atoms with Crippen molar-refractivity contribution in [2.75, 3.05) is 17.7 Å². The van der Waals surface area contributed by atoms with Crippen molar-refractivity contribution in [3.63, 3.8) is 0 Å². The van der Waals surface area contributed by atoms with Crippen LogP contribution in [0.2, 0.25) is 0 Å². The first kappa shape index (κ1) is 20.2. The lowest BCUT2D eigenvalue weighted by Crippen LogP contribution is -2.39. The number of ketones is 1. The molecule has 10 heteroatoms. The lowest BCUT2D eigenvalue weighted by atomic mass is 10.1. The number of hydrogen-bond acceptors (Lipinski definition) is 8. The van der Waals surface area contributed by atoms with Crippen molar-refractivity contribution in [3.05, 3.63) is 58.9 Å². The summed E-state index contributed by atoms with van der Waals surface area (Å²) in [4.78, 5) is 34.6. The number of methoxy groups -OCH3 is 1. The molecule has 2 heterocycles. The third-order valence-corrected chi connectivity index (χ3v) is 5.24. The number of primary amides is 1. The van der Waals surface area contributed by atoms with Crippen molar-refractivity contribution in [2.45, 2.75) is 13.0 Å². The quantitative estimate of drug-likeness (QED) is 0.568. The number of halogens is 1. The molecule has 0 aliphatic rings. The summed E-state index contributed by atoms with van der Waals surface area (Å²) in [5.74, 6) is -1.03. The second-order valence-corrected chi connectivity index (χ2v) is 7.03. The number of hydrogen-bond donors (Lipinski definition) is 2. The van der Waals surface area contributed by atoms with Crippen molar-refractivity contribution < 1.29 is 18.7 Å². The van der Waals surface area contributed by atoms with E-state index in [4.69, 9.17) is 16.2 Å². The van der Waals surface area contributed by atoms with Crippen LogP contribution in [0.5, 0.6) is 5.88 Å². The van der Waals surface area contributed by atoms with Gasteiger partial charge in [-0.15, -0.1) is 0 Å². The van der Waals surface area contributed by atoms with E-state index in [0.29, 0.717) is 17.1 Å². The number of nitrogen functional groups attached to an aromatic ring is 1. The van der Waals surface area contributed by atoms with Crippen molar-refractivity contribution in [3.8, 4) is 5.88 Å². The zero-order valence-corrected chi connectivity index (χ0v) is 16.4. The summed E-state index contributed by atoms with van der Waals surface area (Å²) >= 11 is 1.00. The van der Waals surface area contributed by atoms with Gasteiger partial charge in [0.15, 0.2) is 5.13 Å². The second-order valence-electron chi connectivity index (χ2n) is 6.05. The highest BCUT2D eigenvalue weighted by molar-refractivity contribution is 7.18. The topological polar surface area (TPSA) is 124 Å². The SMILES string of the molecule is COc1ccc(C(=O)c2sc(N(c3ccc(F)cc3)[C@H](C)C(N)=O)nc2N)cn1. The Labute approximate surface area is 169 Å². The predicted octanol–water partition coefficient (Wildman–Crippen LogP) is 2.51. The molecule has 4 N–H and O–H groups in total. The molecule has 1 aromatic carbocycles. The summed E-state index contributed by atoms with van der Waals surface area (Å²) in [7, 11) is 1.47. The minimum absolute atomic E-state index is 0.00889. The number of ether oxygens (including phenoxy) is 1. The second kappa shape index (κ2) is 8.23. The fourth-order valence-electron chi connectivity index (χ4n) is 2.58. The molecule has 2 aromatic heterocycles. The molecule has 0 spiro atoms. The molecule has 29 heavy (non-hydrogen) atoms. The number of anilines is 3. The number of pyridine rings is 1. The molecule has 3 rings (SSSR count). The summed E-state index contributed by atoms with van der Waals surface area (Å²) in [6.07, 6.45) is 1.38. The molecular weight excluding hydrogens is 397 g/mol. The average Bonchev–Trinajstić information content (AvgIpc) is 3.10. The normalized spacial score (nSPS) is 11.7. The van der Waals surface area contributed by atoms with Gasteiger partial charge in [-0.2, -0.15) is 0 Å². The Balaban J connectivity index is 2.01. The maximum Gasteiger partial charge on any atom is 0.240 e. The monoisotopic (exact) mass is 415 g/mol. The van der Waals surface area contributed by atoms with E-state index in [1.54, 1.807) is 19.1 Å². The molecule has 0 aliphatic carbocycles. The first-order valence-corrected chi connectivity index (χ1v) is 9.28. The van der Waals surface area contributed by atoms with Crippen LogP contribution in [0, 0.1) is 5.82 Å². The summed E-state index contributed by atoms with van der Waals surface area (Å²) in [6, 6.07) is 7.80. The van der Waals surface area contributed by atoms with Crippen LogP contribution in [0.25, 0.3) is 0 Å². The zero-order chi connectivity index (χ0) is 21.1. The van der Waals surface area contributed by atoms with Gasteiger partial charge >= 0.3 is 0 Å². The third kappa shape index (κ3) is 4.16. The van der Waals surface area contributed by atoms with Gasteiger partial charge in [-0.05, 0) is 37.3 Å². The first-order chi connectivity index (χ1) is 13.8. The van der Waals surface area contributed by atoms with Crippen molar-refractivity contribution in [2.24, 2.45) is 5.73 Å². The fourth-order valence-corrected chi connectivity index (χ4v) is 3.63. The van der Waals surface area contributed by atoms with Crippen LogP contribution < -0.4 is 21.1 Å². The summed E-state index contributed by atoms with van der Waals surface area (Å²) < 4.78 is 18.3. The van der Waals surface area contributed by atoms with Crippen LogP contribution in [0.4, 0.5) is 21.0 Å². The Hall–Kier alpha value is -3.53. The Bertz CT molecular complexity index is 1040. The molecule has 0 radical (unpaired) electrons. The largest absolute Gasteiger partial charge is 0.481 e. The van der Waals surface area contributed by atoms with Gasteiger partial charge < -0.3 is 21.1 Å². The van der Waals surface area contributed by atoms with Gasteiger partial charge in [0.05, 0.1) is 7.11 Å². The van der Waals surface area contributed by atoms with Crippen LogP contribution >= 0.6 is 11.3 Å². The number of nitrogens with two attached hydrogens (primary N) is 2. The Morgan fingerprint density at radius 3 is 2.45 bits per heavy atom. The highest BCUT2D eigenvalue weighted by Crippen LogP contribution is 2.35. The van der Waals surface area contributed by atoms with Crippen molar-refractivity contribution in [1.29, 1.82) is 0 Å². The fraction of sp³-hybridized carbons (Fsp3) is 0.158. The molecule has 0 saturated carbocycles. The van der Waals surface area contributed by atoms with Crippen molar-refractivity contribution in [1.82, 2.24) is 9.97 Å². The molecule has 0 saturated heterocycles. The van der Waals surface area contributed by atoms with Gasteiger partial charge in [-0.25, -0.2) is 14.4 Å². The molecule has 0 bridgehead atoms. The number of nitrogens with zero attached hydrogens (tertiary/aromatic N) is 3. The lowest BCUT2D eigenvalue weighted by Gasteiger charge is -2.26. The zero-order valence-electron chi connectivity index (χ0n) is 15.6. The molecule has 1 amide bonds. The Morgan fingerprint density at radius 2 is 1.90 bits per heavy atom. The van der Waals surface area contributed by atoms with Gasteiger partial charge in [0.2, 0.25) is 17.6 Å². The number of amides is 1. The van der Waals surface area contributed by atoms with Crippen LogP contribution in [0.3, 0.4) is 0 Å². The van der Waals surface area contributed by atoms with Gasteiger partial charge in [0.25, 0.3) is 0 Å². The first-order valence-electron chi connectivity index (χ1n) is 8.47. The van der Waals surface area contributed by atoms with Crippen LogP contribution in [-0.2, 0) is 4.79 Å². The molecule has 0 unspecified atom stereocenters. The predicted molar refractivity (Wildman–Crippen MR) is 108 cm³/mol. The maximum atomic E-state index is 13.3. The highest BCUT2D eigenvalue weighted by atomic mass is 32.1. The van der Waals surface area contributed by atoms with E-state index >= 15 is 0 Å². The van der Waals surface area contributed by atoms with Gasteiger partial charge in [-0.3, -0.25) is 9.59 Å². The number of rotatable bonds is 7. The Morgan fingerprint density at radius 1 is 1.21 bits per heavy atom. The molecule has 150 valence electrons. The summed E-state index contributed by atoms with van der Waals surface area (Å²) in [6.45, 7) is 1.58. The van der Waals surface area contributed by atoms with Crippen LogP contribution in [0.1, 0.15) is 22.2 Å². The number of carbonyl (C=O) groups excluding carboxylic acids is 2. The summed E-state index contributed by atoms with van der Waals surface area (Å²) in [5, 5.41) is 0.283. The van der Waals surface area contributed by atoms with E-state index < -0.39 is 17.8 Å². The maximum absolute atomic E-state index is 13.3. The van der Waals surface area contributed by atoms with E-state index in [2.05, 4.69) is 9.97 Å². The Kier molecular flexibility index (Phi) is 5.74. The number of benzene rings is 1. The minimum atomic E-state index is -0.809. The standard InChI is InChI=1S/C19H18FN5O3S/c1-10(18(22)27)25(13-6-4-12(20)5-7-13)19-24-17(21)16(29-19)15(26)11-3-8-14(28-2)23-9-11/h3-10H,21H2,1-2H3,(H2,22,27)/t10-/m1/s1. The van der Waals surface area contributed by atoms with E-state index in [9.17, 15) is 14.0 Å². The third-order valence-electron chi connectivity index (χ3n) is 4.17. The lowest BCUT2D eigenvalue weighted by molar-refractivity contribution is -0.118. The molecule has 8 nitrogen and oxygen atoms in total. The molecule has 0 fully saturated rings. The summed E-state index contributed by atoms with van der Waals surface area (Å²) in [5.41, 5.74) is 12.2. The van der Waals surface area contributed by atoms with E-state index in [-0.39, 0.29) is 21.6 Å². The van der Waals surface area contributed by atoms with E-state index in [0.717, 1.165) is 11.3 Å². The molecule has 3 aromatic rings. The van der Waals surface area contributed by atoms with E-state index in [1.807, 2.05) is 0 Å². The van der Waals surface area contributed by atoms with Gasteiger partial charge in [-0.1, -0.05) is 11.3 Å². The number of carbonyl (C=O) groups is 2. The minimum Gasteiger partial charge on any atom is -0.481 e. The number of thiazole rings is 1. The average molecular weight is 415 g/mol. The van der Waals surface area contributed by atoms with E-state index in [1.165, 1.54) is 42.5 Å². The highest BCUT2D eigenvalue weighted by Gasteiger charge is 2.27. The van der Waals surface area contributed by atoms with Crippen molar-refractivity contribution >= 4 is 39.7 Å². The molecular formula is C19H18FN5O3S. The van der Waals surface area contributed by atoms with Gasteiger partial charge in [0.1, 0.15) is 22.6 Å². The smallest absolute Gasteiger partial charge is 0.240 e. The van der Waals surface area contributed by atoms with Crippen LogP contribution in [0.15, 0.2) is 42.6 Å². The number of aromatic nitrogens is 2.